The Hall–Kier alpha value is -3.66. The summed E-state index contributed by atoms with van der Waals surface area (Å²) in [7, 11) is 0. The number of hydrogen-bond donors (Lipinski definition) is 0. The third-order valence-corrected chi connectivity index (χ3v) is 5.40. The molecule has 0 aliphatic carbocycles. The molecule has 2 heterocycles. The third-order valence-electron chi connectivity index (χ3n) is 5.00. The van der Waals surface area contributed by atoms with E-state index in [0.29, 0.717) is 12.1 Å². The summed E-state index contributed by atoms with van der Waals surface area (Å²) in [4.78, 5) is 3.80. The molecule has 0 amide bonds. The minimum absolute atomic E-state index is 0.0454. The highest BCUT2D eigenvalue weighted by Crippen LogP contribution is 2.39. The summed E-state index contributed by atoms with van der Waals surface area (Å²) >= 11 is 6.11. The highest BCUT2D eigenvalue weighted by molar-refractivity contribution is 6.36. The van der Waals surface area contributed by atoms with Gasteiger partial charge in [0.25, 0.3) is 12.3 Å². The van der Waals surface area contributed by atoms with Crippen molar-refractivity contribution in [3.8, 4) is 17.5 Å². The first-order valence-electron chi connectivity index (χ1n) is 9.42. The van der Waals surface area contributed by atoms with E-state index in [2.05, 4.69) is 10.1 Å². The maximum Gasteiger partial charge on any atom is 0.416 e. The first-order valence-corrected chi connectivity index (χ1v) is 9.79. The van der Waals surface area contributed by atoms with E-state index >= 15 is 0 Å². The Morgan fingerprint density at radius 2 is 1.63 bits per heavy atom. The van der Waals surface area contributed by atoms with Gasteiger partial charge >= 0.3 is 12.4 Å². The van der Waals surface area contributed by atoms with Gasteiger partial charge in [-0.3, -0.25) is 0 Å². The second-order valence-electron chi connectivity index (χ2n) is 7.24. The molecule has 0 spiro atoms. The van der Waals surface area contributed by atoms with Crippen LogP contribution in [0.4, 0.5) is 35.1 Å². The molecule has 2 aromatic carbocycles. The van der Waals surface area contributed by atoms with Crippen LogP contribution in [0, 0.1) is 11.3 Å². The van der Waals surface area contributed by atoms with Crippen molar-refractivity contribution in [3.63, 3.8) is 0 Å². The average Bonchev–Trinajstić information content (AvgIpc) is 3.38. The zero-order valence-corrected chi connectivity index (χ0v) is 17.6. The van der Waals surface area contributed by atoms with Gasteiger partial charge in [0.1, 0.15) is 6.07 Å². The summed E-state index contributed by atoms with van der Waals surface area (Å²) in [5.41, 5.74) is -4.12. The molecule has 35 heavy (non-hydrogen) atoms. The van der Waals surface area contributed by atoms with E-state index in [1.54, 1.807) is 0 Å². The van der Waals surface area contributed by atoms with Crippen molar-refractivity contribution in [1.82, 2.24) is 14.7 Å². The Morgan fingerprint density at radius 1 is 1.00 bits per heavy atom. The number of aromatic nitrogens is 3. The molecule has 14 heteroatoms. The van der Waals surface area contributed by atoms with Crippen molar-refractivity contribution >= 4 is 22.5 Å². The summed E-state index contributed by atoms with van der Waals surface area (Å²) in [5.74, 6) is -0.970. The first kappa shape index (κ1) is 24.5. The molecule has 182 valence electrons. The fourth-order valence-electron chi connectivity index (χ4n) is 3.42. The summed E-state index contributed by atoms with van der Waals surface area (Å²) in [5, 5.41) is 12.7. The molecule has 4 aromatic rings. The molecular weight excluding hydrogens is 512 g/mol. The highest BCUT2D eigenvalue weighted by atomic mass is 35.5. The molecule has 0 fully saturated rings. The second kappa shape index (κ2) is 8.53. The van der Waals surface area contributed by atoms with Gasteiger partial charge in [-0.05, 0) is 36.4 Å². The third kappa shape index (κ3) is 4.66. The zero-order valence-electron chi connectivity index (χ0n) is 16.8. The topological polar surface area (TPSA) is 67.6 Å². The normalized spacial score (nSPS) is 12.5. The van der Waals surface area contributed by atoms with E-state index in [4.69, 9.17) is 21.4 Å². The van der Waals surface area contributed by atoms with Gasteiger partial charge in [0, 0.05) is 10.9 Å². The van der Waals surface area contributed by atoms with Crippen molar-refractivity contribution in [2.24, 2.45) is 0 Å². The number of alkyl halides is 8. The molecule has 0 N–H and O–H groups in total. The average molecular weight is 521 g/mol. The van der Waals surface area contributed by atoms with Crippen LogP contribution in [0.1, 0.15) is 34.6 Å². The maximum absolute atomic E-state index is 13.7. The van der Waals surface area contributed by atoms with Crippen LogP contribution in [0.2, 0.25) is 5.02 Å². The smallest absolute Gasteiger partial charge is 0.334 e. The quantitative estimate of drug-likeness (QED) is 0.266. The van der Waals surface area contributed by atoms with Gasteiger partial charge in [0.2, 0.25) is 0 Å². The maximum atomic E-state index is 13.7. The molecule has 0 saturated carbocycles. The molecular formula is C21H9ClF8N4O. The largest absolute Gasteiger partial charge is 0.416 e. The summed E-state index contributed by atoms with van der Waals surface area (Å²) < 4.78 is 112. The molecule has 0 aliphatic heterocycles. The number of benzene rings is 2. The SMILES string of the molecule is N#Cc1ccc2c(cc(C(F)F)n2Cc2noc(-c3cc(C(F)(F)F)cc(C(F)(F)F)c3)n2)c1Cl. The summed E-state index contributed by atoms with van der Waals surface area (Å²) in [6, 6.07) is 6.30. The molecule has 0 radical (unpaired) electrons. The minimum atomic E-state index is -5.09. The number of halogens is 9. The Labute approximate surface area is 195 Å². The van der Waals surface area contributed by atoms with E-state index in [9.17, 15) is 35.1 Å². The van der Waals surface area contributed by atoms with E-state index in [1.165, 1.54) is 12.1 Å². The molecule has 0 aliphatic rings. The molecule has 0 unspecified atom stereocenters. The standard InChI is InChI=1S/C21H9ClF8N4O/c22-17-9(7-31)1-2-14-13(17)6-15(18(23)24)34(14)8-16-32-19(35-33-16)10-3-11(20(25,26)27)5-12(4-10)21(28,29)30/h1-6,18H,8H2. The minimum Gasteiger partial charge on any atom is -0.334 e. The fraction of sp³-hybridized carbons (Fsp3) is 0.190. The van der Waals surface area contributed by atoms with Gasteiger partial charge < -0.3 is 9.09 Å². The lowest BCUT2D eigenvalue weighted by Crippen LogP contribution is -2.11. The van der Waals surface area contributed by atoms with Crippen LogP contribution in [0.15, 0.2) is 40.9 Å². The lowest BCUT2D eigenvalue weighted by Gasteiger charge is -2.12. The van der Waals surface area contributed by atoms with Gasteiger partial charge in [-0.2, -0.15) is 36.6 Å². The van der Waals surface area contributed by atoms with Crippen LogP contribution in [0.5, 0.6) is 0 Å². The number of hydrogen-bond acceptors (Lipinski definition) is 4. The zero-order chi connectivity index (χ0) is 25.7. The summed E-state index contributed by atoms with van der Waals surface area (Å²) in [6.07, 6.45) is -13.2. The lowest BCUT2D eigenvalue weighted by atomic mass is 10.0. The number of nitriles is 1. The van der Waals surface area contributed by atoms with Crippen LogP contribution in [-0.2, 0) is 18.9 Å². The predicted octanol–water partition coefficient (Wildman–Crippen LogP) is 7.24. The number of rotatable bonds is 4. The van der Waals surface area contributed by atoms with Crippen LogP contribution in [0.25, 0.3) is 22.4 Å². The van der Waals surface area contributed by atoms with Crippen molar-refractivity contribution in [3.05, 3.63) is 69.6 Å². The van der Waals surface area contributed by atoms with Crippen LogP contribution in [-0.4, -0.2) is 14.7 Å². The molecule has 4 rings (SSSR count). The van der Waals surface area contributed by atoms with Crippen LogP contribution in [0.3, 0.4) is 0 Å². The van der Waals surface area contributed by atoms with Crippen LogP contribution < -0.4 is 0 Å². The van der Waals surface area contributed by atoms with Gasteiger partial charge in [0.15, 0.2) is 5.82 Å². The van der Waals surface area contributed by atoms with Crippen molar-refractivity contribution in [2.75, 3.05) is 0 Å². The molecule has 2 aromatic heterocycles. The fourth-order valence-corrected chi connectivity index (χ4v) is 3.68. The predicted molar refractivity (Wildman–Crippen MR) is 105 cm³/mol. The van der Waals surface area contributed by atoms with Crippen molar-refractivity contribution < 1.29 is 39.6 Å². The van der Waals surface area contributed by atoms with E-state index < -0.39 is 53.6 Å². The van der Waals surface area contributed by atoms with Gasteiger partial charge in [0.05, 0.1) is 39.5 Å². The lowest BCUT2D eigenvalue weighted by molar-refractivity contribution is -0.143. The Kier molecular flexibility index (Phi) is 5.96. The van der Waals surface area contributed by atoms with E-state index in [1.807, 2.05) is 6.07 Å². The second-order valence-corrected chi connectivity index (χ2v) is 7.62. The molecule has 5 nitrogen and oxygen atoms in total. The highest BCUT2D eigenvalue weighted by Gasteiger charge is 2.37. The van der Waals surface area contributed by atoms with Crippen LogP contribution >= 0.6 is 11.6 Å². The van der Waals surface area contributed by atoms with E-state index in [0.717, 1.165) is 10.6 Å². The number of fused-ring (bicyclic) bond motifs is 1. The molecule has 0 saturated heterocycles. The molecule has 0 atom stereocenters. The van der Waals surface area contributed by atoms with Gasteiger partial charge in [-0.15, -0.1) is 0 Å². The monoisotopic (exact) mass is 520 g/mol. The Bertz CT molecular complexity index is 1430. The Balaban J connectivity index is 1.78. The van der Waals surface area contributed by atoms with Crippen molar-refractivity contribution in [2.45, 2.75) is 25.3 Å². The van der Waals surface area contributed by atoms with E-state index in [-0.39, 0.29) is 33.4 Å². The van der Waals surface area contributed by atoms with Gasteiger partial charge in [-0.1, -0.05) is 16.8 Å². The Morgan fingerprint density at radius 3 is 2.17 bits per heavy atom. The van der Waals surface area contributed by atoms with Gasteiger partial charge in [-0.25, -0.2) is 8.78 Å². The first-order chi connectivity index (χ1) is 16.3. The van der Waals surface area contributed by atoms with Crippen molar-refractivity contribution in [1.29, 1.82) is 5.26 Å². The molecule has 0 bridgehead atoms. The summed E-state index contributed by atoms with van der Waals surface area (Å²) in [6.45, 7) is -0.472. The number of nitrogens with zero attached hydrogens (tertiary/aromatic N) is 4.